The molecule has 6 nitrogen and oxygen atoms in total. The van der Waals surface area contributed by atoms with Crippen LogP contribution in [-0.2, 0) is 11.2 Å². The first kappa shape index (κ1) is 20.8. The smallest absolute Gasteiger partial charge is 0.224 e. The Labute approximate surface area is 176 Å². The van der Waals surface area contributed by atoms with Crippen molar-refractivity contribution >= 4 is 5.91 Å². The van der Waals surface area contributed by atoms with Crippen LogP contribution in [0, 0.1) is 5.82 Å². The van der Waals surface area contributed by atoms with Gasteiger partial charge in [-0.25, -0.2) is 15.2 Å². The molecule has 30 heavy (non-hydrogen) atoms. The molecule has 1 amide bonds. The Morgan fingerprint density at radius 1 is 1.17 bits per heavy atom. The summed E-state index contributed by atoms with van der Waals surface area (Å²) in [6.07, 6.45) is 3.32. The molecule has 2 saturated heterocycles. The molecule has 2 aromatic carbocycles. The summed E-state index contributed by atoms with van der Waals surface area (Å²) in [5.41, 5.74) is 8.76. The molecule has 2 aliphatic rings. The Hall–Kier alpha value is -2.48. The largest absolute Gasteiger partial charge is 0.497 e. The van der Waals surface area contributed by atoms with Crippen LogP contribution in [0.15, 0.2) is 48.5 Å². The molecular formula is C23H29FN4O2. The summed E-state index contributed by atoms with van der Waals surface area (Å²) >= 11 is 0. The van der Waals surface area contributed by atoms with Crippen LogP contribution in [0.5, 0.6) is 5.75 Å². The fourth-order valence-electron chi connectivity index (χ4n) is 4.30. The number of hydrogen-bond donors (Lipinski definition) is 3. The molecule has 0 saturated carbocycles. The highest BCUT2D eigenvalue weighted by Gasteiger charge is 2.32. The Balaban J connectivity index is 1.22. The second-order valence-corrected chi connectivity index (χ2v) is 8.05. The van der Waals surface area contributed by atoms with Gasteiger partial charge in [-0.1, -0.05) is 24.3 Å². The Morgan fingerprint density at radius 2 is 1.93 bits per heavy atom. The summed E-state index contributed by atoms with van der Waals surface area (Å²) in [6.45, 7) is 1.86. The molecule has 2 aromatic rings. The molecule has 0 radical (unpaired) electrons. The predicted octanol–water partition coefficient (Wildman–Crippen LogP) is 2.52. The van der Waals surface area contributed by atoms with Gasteiger partial charge in [0.15, 0.2) is 0 Å². The number of halogens is 1. The van der Waals surface area contributed by atoms with E-state index < -0.39 is 0 Å². The minimum absolute atomic E-state index is 0.0423. The molecule has 3 N–H and O–H groups in total. The molecule has 2 unspecified atom stereocenters. The number of methoxy groups -OCH3 is 1. The van der Waals surface area contributed by atoms with E-state index in [-0.39, 0.29) is 36.4 Å². The molecular weight excluding hydrogens is 383 g/mol. The molecule has 2 aliphatic heterocycles. The maximum Gasteiger partial charge on any atom is 0.224 e. The molecule has 4 rings (SSSR count). The van der Waals surface area contributed by atoms with Gasteiger partial charge in [-0.3, -0.25) is 9.69 Å². The summed E-state index contributed by atoms with van der Waals surface area (Å²) < 4.78 is 18.5. The highest BCUT2D eigenvalue weighted by Crippen LogP contribution is 2.27. The maximum atomic E-state index is 13.3. The van der Waals surface area contributed by atoms with Gasteiger partial charge in [-0.05, 0) is 54.7 Å². The number of benzene rings is 2. The second-order valence-electron chi connectivity index (χ2n) is 8.05. The zero-order chi connectivity index (χ0) is 20.9. The van der Waals surface area contributed by atoms with Gasteiger partial charge in [0.1, 0.15) is 11.6 Å². The number of rotatable bonds is 6. The molecule has 2 atom stereocenters. The normalized spacial score (nSPS) is 22.7. The summed E-state index contributed by atoms with van der Waals surface area (Å²) in [5, 5.41) is 3.11. The van der Waals surface area contributed by atoms with Crippen LogP contribution >= 0.6 is 0 Å². The topological polar surface area (TPSA) is 65.6 Å². The fraction of sp³-hybridized carbons (Fsp3) is 0.435. The monoisotopic (exact) mass is 412 g/mol. The number of carbonyl (C=O) groups excluding carboxylic acids is 1. The lowest BCUT2D eigenvalue weighted by Gasteiger charge is -2.35. The zero-order valence-corrected chi connectivity index (χ0v) is 17.2. The highest BCUT2D eigenvalue weighted by molar-refractivity contribution is 5.78. The molecule has 0 aromatic heterocycles. The fourth-order valence-corrected chi connectivity index (χ4v) is 4.30. The van der Waals surface area contributed by atoms with E-state index in [1.807, 2.05) is 12.1 Å². The van der Waals surface area contributed by atoms with Crippen LogP contribution in [0.1, 0.15) is 36.4 Å². The molecule has 160 valence electrons. The van der Waals surface area contributed by atoms with Crippen molar-refractivity contribution in [1.82, 2.24) is 21.1 Å². The van der Waals surface area contributed by atoms with Crippen molar-refractivity contribution in [1.29, 1.82) is 0 Å². The second kappa shape index (κ2) is 9.55. The van der Waals surface area contributed by atoms with Gasteiger partial charge >= 0.3 is 0 Å². The van der Waals surface area contributed by atoms with Crippen molar-refractivity contribution in [2.24, 2.45) is 0 Å². The first-order chi connectivity index (χ1) is 14.6. The number of piperidine rings is 1. The Bertz CT molecular complexity index is 853. The summed E-state index contributed by atoms with van der Waals surface area (Å²) in [6, 6.07) is 14.8. The van der Waals surface area contributed by atoms with Gasteiger partial charge < -0.3 is 10.1 Å². The number of likely N-dealkylation sites (tertiary alicyclic amines) is 1. The van der Waals surface area contributed by atoms with Crippen LogP contribution in [0.4, 0.5) is 4.39 Å². The summed E-state index contributed by atoms with van der Waals surface area (Å²) in [4.78, 5) is 14.7. The summed E-state index contributed by atoms with van der Waals surface area (Å²) in [5.74, 6) is 0.515. The quantitative estimate of drug-likeness (QED) is 0.681. The van der Waals surface area contributed by atoms with Crippen molar-refractivity contribution in [2.45, 2.75) is 43.9 Å². The lowest BCUT2D eigenvalue weighted by atomic mass is 10.0. The van der Waals surface area contributed by atoms with Crippen molar-refractivity contribution in [3.8, 4) is 5.75 Å². The van der Waals surface area contributed by atoms with Gasteiger partial charge in [0.25, 0.3) is 0 Å². The van der Waals surface area contributed by atoms with Crippen LogP contribution in [0.2, 0.25) is 0 Å². The van der Waals surface area contributed by atoms with Crippen molar-refractivity contribution in [3.05, 3.63) is 65.5 Å². The maximum absolute atomic E-state index is 13.3. The van der Waals surface area contributed by atoms with E-state index in [9.17, 15) is 9.18 Å². The van der Waals surface area contributed by atoms with Crippen LogP contribution in [-0.4, -0.2) is 43.2 Å². The van der Waals surface area contributed by atoms with Gasteiger partial charge in [0.05, 0.1) is 19.7 Å². The number of hydrogen-bond acceptors (Lipinski definition) is 5. The number of nitrogens with zero attached hydrogens (tertiary/aromatic N) is 1. The van der Waals surface area contributed by atoms with Crippen LogP contribution in [0.25, 0.3) is 0 Å². The average molecular weight is 413 g/mol. The lowest BCUT2D eigenvalue weighted by molar-refractivity contribution is -0.121. The average Bonchev–Trinajstić information content (AvgIpc) is 3.24. The number of carbonyl (C=O) groups is 1. The molecule has 0 bridgehead atoms. The summed E-state index contributed by atoms with van der Waals surface area (Å²) in [7, 11) is 1.67. The van der Waals surface area contributed by atoms with Gasteiger partial charge in [-0.15, -0.1) is 0 Å². The first-order valence-electron chi connectivity index (χ1n) is 10.5. The minimum Gasteiger partial charge on any atom is -0.497 e. The predicted molar refractivity (Wildman–Crippen MR) is 113 cm³/mol. The molecule has 2 fully saturated rings. The minimum atomic E-state index is -0.306. The lowest BCUT2D eigenvalue weighted by Crippen LogP contribution is -2.51. The first-order valence-corrected chi connectivity index (χ1v) is 10.5. The van der Waals surface area contributed by atoms with E-state index in [4.69, 9.17) is 4.74 Å². The van der Waals surface area contributed by atoms with Crippen molar-refractivity contribution < 1.29 is 13.9 Å². The van der Waals surface area contributed by atoms with Crippen LogP contribution < -0.4 is 20.9 Å². The molecule has 0 spiro atoms. The number of nitrogens with one attached hydrogen (secondary N) is 3. The number of hydrazine groups is 1. The third-order valence-electron chi connectivity index (χ3n) is 5.99. The molecule has 7 heteroatoms. The van der Waals surface area contributed by atoms with E-state index >= 15 is 0 Å². The Kier molecular flexibility index (Phi) is 6.62. The van der Waals surface area contributed by atoms with E-state index in [1.165, 1.54) is 17.7 Å². The standard InChI is InChI=1S/C23H29FN4O2/c1-30-20-7-5-17(6-8-20)21-15-22(27-26-21)28-11-9-19(10-12-28)25-23(29)14-16-3-2-4-18(24)13-16/h2-8,13,19,21-22,26-27H,9-12,14-15H2,1H3,(H,25,29). The SMILES string of the molecule is COc1ccc(C2CC(N3CCC(NC(=O)Cc4cccc(F)c4)CC3)NN2)cc1. The molecule has 0 aliphatic carbocycles. The van der Waals surface area contributed by atoms with Gasteiger partial charge in [-0.2, -0.15) is 0 Å². The van der Waals surface area contributed by atoms with E-state index in [0.29, 0.717) is 5.56 Å². The highest BCUT2D eigenvalue weighted by atomic mass is 19.1. The van der Waals surface area contributed by atoms with Crippen molar-refractivity contribution in [3.63, 3.8) is 0 Å². The van der Waals surface area contributed by atoms with Gasteiger partial charge in [0, 0.05) is 25.2 Å². The molecule has 2 heterocycles. The zero-order valence-electron chi connectivity index (χ0n) is 17.2. The number of ether oxygens (including phenoxy) is 1. The third-order valence-corrected chi connectivity index (χ3v) is 5.99. The van der Waals surface area contributed by atoms with E-state index in [0.717, 1.165) is 38.1 Å². The number of amides is 1. The van der Waals surface area contributed by atoms with Gasteiger partial charge in [0.2, 0.25) is 5.91 Å². The van der Waals surface area contributed by atoms with Crippen LogP contribution in [0.3, 0.4) is 0 Å². The van der Waals surface area contributed by atoms with E-state index in [1.54, 1.807) is 19.2 Å². The van der Waals surface area contributed by atoms with Crippen molar-refractivity contribution in [2.75, 3.05) is 20.2 Å². The van der Waals surface area contributed by atoms with E-state index in [2.05, 4.69) is 33.2 Å². The Morgan fingerprint density at radius 3 is 2.63 bits per heavy atom. The third kappa shape index (κ3) is 5.16.